The molecule has 0 amide bonds. The summed E-state index contributed by atoms with van der Waals surface area (Å²) in [5.74, 6) is 1.12. The van der Waals surface area contributed by atoms with Crippen LogP contribution >= 0.6 is 11.8 Å². The van der Waals surface area contributed by atoms with Gasteiger partial charge in [0.2, 0.25) is 0 Å². The van der Waals surface area contributed by atoms with Crippen LogP contribution in [0.2, 0.25) is 0 Å². The van der Waals surface area contributed by atoms with Crippen molar-refractivity contribution in [2.75, 3.05) is 19.3 Å². The van der Waals surface area contributed by atoms with E-state index in [2.05, 4.69) is 66.0 Å². The summed E-state index contributed by atoms with van der Waals surface area (Å²) in [6.07, 6.45) is 0. The second-order valence-electron chi connectivity index (χ2n) is 4.18. The standard InChI is InChI=1S/C16H19NS/c1-17-12-13-18-16(14-8-4-2-5-9-14)15-10-6-3-7-11-15/h2-11,16-17H,12-13H2,1H3. The van der Waals surface area contributed by atoms with Crippen molar-refractivity contribution in [1.82, 2.24) is 5.32 Å². The van der Waals surface area contributed by atoms with E-state index >= 15 is 0 Å². The second-order valence-corrected chi connectivity index (χ2v) is 5.39. The van der Waals surface area contributed by atoms with E-state index in [1.54, 1.807) is 0 Å². The normalized spacial score (nSPS) is 10.8. The Hall–Kier alpha value is -1.25. The number of rotatable bonds is 6. The summed E-state index contributed by atoms with van der Waals surface area (Å²) < 4.78 is 0. The third kappa shape index (κ3) is 3.62. The molecule has 0 aliphatic rings. The fraction of sp³-hybridized carbons (Fsp3) is 0.250. The van der Waals surface area contributed by atoms with Gasteiger partial charge in [-0.1, -0.05) is 60.7 Å². The number of thioether (sulfide) groups is 1. The Kier molecular flexibility index (Phi) is 5.31. The molecule has 0 aliphatic carbocycles. The van der Waals surface area contributed by atoms with Crippen molar-refractivity contribution >= 4 is 11.8 Å². The summed E-state index contributed by atoms with van der Waals surface area (Å²) >= 11 is 1.99. The molecule has 0 heterocycles. The highest BCUT2D eigenvalue weighted by molar-refractivity contribution is 7.99. The van der Waals surface area contributed by atoms with Crippen LogP contribution in [0.1, 0.15) is 16.4 Å². The number of benzene rings is 2. The van der Waals surface area contributed by atoms with Crippen LogP contribution in [0.4, 0.5) is 0 Å². The molecular weight excluding hydrogens is 238 g/mol. The van der Waals surface area contributed by atoms with Crippen molar-refractivity contribution in [2.24, 2.45) is 0 Å². The van der Waals surface area contributed by atoms with Crippen molar-refractivity contribution < 1.29 is 0 Å². The van der Waals surface area contributed by atoms with Crippen molar-refractivity contribution in [3.63, 3.8) is 0 Å². The van der Waals surface area contributed by atoms with Gasteiger partial charge in [0, 0.05) is 12.3 Å². The maximum atomic E-state index is 3.21. The molecule has 0 radical (unpaired) electrons. The van der Waals surface area contributed by atoms with Crippen LogP contribution in [0.15, 0.2) is 60.7 Å². The van der Waals surface area contributed by atoms with E-state index < -0.39 is 0 Å². The summed E-state index contributed by atoms with van der Waals surface area (Å²) in [5.41, 5.74) is 2.76. The third-order valence-electron chi connectivity index (χ3n) is 2.84. The molecule has 0 fully saturated rings. The first-order valence-corrected chi connectivity index (χ1v) is 7.33. The van der Waals surface area contributed by atoms with E-state index in [0.29, 0.717) is 5.25 Å². The summed E-state index contributed by atoms with van der Waals surface area (Å²) in [5, 5.41) is 3.64. The first-order chi connectivity index (χ1) is 8.92. The fourth-order valence-corrected chi connectivity index (χ4v) is 3.18. The Morgan fingerprint density at radius 3 is 1.83 bits per heavy atom. The van der Waals surface area contributed by atoms with Gasteiger partial charge in [0.05, 0.1) is 5.25 Å². The molecule has 2 heteroatoms. The van der Waals surface area contributed by atoms with Crippen LogP contribution in [0, 0.1) is 0 Å². The molecule has 0 aliphatic heterocycles. The summed E-state index contributed by atoms with van der Waals surface area (Å²) in [4.78, 5) is 0. The van der Waals surface area contributed by atoms with Gasteiger partial charge in [-0.3, -0.25) is 0 Å². The second kappa shape index (κ2) is 7.24. The van der Waals surface area contributed by atoms with Gasteiger partial charge in [-0.15, -0.1) is 11.8 Å². The quantitative estimate of drug-likeness (QED) is 0.791. The summed E-state index contributed by atoms with van der Waals surface area (Å²) in [6.45, 7) is 1.04. The van der Waals surface area contributed by atoms with E-state index in [4.69, 9.17) is 0 Å². The fourth-order valence-electron chi connectivity index (χ4n) is 1.92. The van der Waals surface area contributed by atoms with Gasteiger partial charge in [-0.05, 0) is 18.2 Å². The Morgan fingerprint density at radius 2 is 1.39 bits per heavy atom. The average molecular weight is 257 g/mol. The topological polar surface area (TPSA) is 12.0 Å². The van der Waals surface area contributed by atoms with Gasteiger partial charge >= 0.3 is 0 Å². The number of hydrogen-bond donors (Lipinski definition) is 1. The SMILES string of the molecule is CNCCSC(c1ccccc1)c1ccccc1. The van der Waals surface area contributed by atoms with Crippen molar-refractivity contribution in [3.05, 3.63) is 71.8 Å². The number of nitrogens with one attached hydrogen (secondary N) is 1. The van der Waals surface area contributed by atoms with Crippen LogP contribution in [0.25, 0.3) is 0 Å². The summed E-state index contributed by atoms with van der Waals surface area (Å²) in [6, 6.07) is 21.5. The van der Waals surface area contributed by atoms with Gasteiger partial charge in [0.15, 0.2) is 0 Å². The zero-order valence-electron chi connectivity index (χ0n) is 10.7. The predicted molar refractivity (Wildman–Crippen MR) is 81.1 cm³/mol. The van der Waals surface area contributed by atoms with Gasteiger partial charge in [-0.25, -0.2) is 0 Å². The molecule has 2 aromatic rings. The van der Waals surface area contributed by atoms with Crippen LogP contribution in [-0.4, -0.2) is 19.3 Å². The maximum Gasteiger partial charge on any atom is 0.0547 e. The molecule has 1 nitrogen and oxygen atoms in total. The molecule has 0 saturated heterocycles. The van der Waals surface area contributed by atoms with Crippen LogP contribution in [0.5, 0.6) is 0 Å². The minimum atomic E-state index is 0.431. The zero-order valence-corrected chi connectivity index (χ0v) is 11.5. The first-order valence-electron chi connectivity index (χ1n) is 6.28. The Morgan fingerprint density at radius 1 is 0.889 bits per heavy atom. The molecule has 1 N–H and O–H groups in total. The smallest absolute Gasteiger partial charge is 0.0547 e. The van der Waals surface area contributed by atoms with E-state index in [0.717, 1.165) is 12.3 Å². The minimum absolute atomic E-state index is 0.431. The highest BCUT2D eigenvalue weighted by atomic mass is 32.2. The average Bonchev–Trinajstić information content (AvgIpc) is 2.46. The Bertz CT molecular complexity index is 402. The lowest BCUT2D eigenvalue weighted by Crippen LogP contribution is -2.11. The number of hydrogen-bond acceptors (Lipinski definition) is 2. The third-order valence-corrected chi connectivity index (χ3v) is 4.16. The lowest BCUT2D eigenvalue weighted by atomic mass is 10.0. The van der Waals surface area contributed by atoms with E-state index in [-0.39, 0.29) is 0 Å². The van der Waals surface area contributed by atoms with E-state index in [1.165, 1.54) is 11.1 Å². The van der Waals surface area contributed by atoms with Crippen LogP contribution in [-0.2, 0) is 0 Å². The lowest BCUT2D eigenvalue weighted by molar-refractivity contribution is 0.870. The van der Waals surface area contributed by atoms with E-state index in [1.807, 2.05) is 18.8 Å². The molecule has 2 rings (SSSR count). The van der Waals surface area contributed by atoms with Gasteiger partial charge in [0.25, 0.3) is 0 Å². The Balaban J connectivity index is 2.18. The van der Waals surface area contributed by atoms with Crippen molar-refractivity contribution in [2.45, 2.75) is 5.25 Å². The van der Waals surface area contributed by atoms with Crippen molar-refractivity contribution in [1.29, 1.82) is 0 Å². The summed E-state index contributed by atoms with van der Waals surface area (Å²) in [7, 11) is 2.00. The van der Waals surface area contributed by atoms with Gasteiger partial charge in [-0.2, -0.15) is 0 Å². The van der Waals surface area contributed by atoms with Crippen molar-refractivity contribution in [3.8, 4) is 0 Å². The molecule has 0 aromatic heterocycles. The molecule has 2 aromatic carbocycles. The minimum Gasteiger partial charge on any atom is -0.319 e. The molecular formula is C16H19NS. The molecule has 18 heavy (non-hydrogen) atoms. The lowest BCUT2D eigenvalue weighted by Gasteiger charge is -2.17. The maximum absolute atomic E-state index is 3.21. The predicted octanol–water partition coefficient (Wildman–Crippen LogP) is 3.73. The molecule has 0 saturated carbocycles. The first kappa shape index (κ1) is 13.2. The highest BCUT2D eigenvalue weighted by Gasteiger charge is 2.13. The molecule has 0 spiro atoms. The highest BCUT2D eigenvalue weighted by Crippen LogP contribution is 2.34. The monoisotopic (exact) mass is 257 g/mol. The van der Waals surface area contributed by atoms with Crippen LogP contribution in [0.3, 0.4) is 0 Å². The van der Waals surface area contributed by atoms with Crippen LogP contribution < -0.4 is 5.32 Å². The zero-order chi connectivity index (χ0) is 12.6. The molecule has 94 valence electrons. The molecule has 0 bridgehead atoms. The van der Waals surface area contributed by atoms with Gasteiger partial charge < -0.3 is 5.32 Å². The Labute approximate surface area is 114 Å². The largest absolute Gasteiger partial charge is 0.319 e. The molecule has 0 atom stereocenters. The van der Waals surface area contributed by atoms with Gasteiger partial charge in [0.1, 0.15) is 0 Å². The van der Waals surface area contributed by atoms with E-state index in [9.17, 15) is 0 Å². The molecule has 0 unspecified atom stereocenters.